The molecule has 0 radical (unpaired) electrons. The molecule has 1 fully saturated rings. The van der Waals surface area contributed by atoms with E-state index < -0.39 is 0 Å². The highest BCUT2D eigenvalue weighted by Crippen LogP contribution is 2.16. The summed E-state index contributed by atoms with van der Waals surface area (Å²) in [6.45, 7) is 3.24. The second-order valence-corrected chi connectivity index (χ2v) is 5.72. The zero-order valence-electron chi connectivity index (χ0n) is 12.0. The minimum atomic E-state index is -0.191. The van der Waals surface area contributed by atoms with Gasteiger partial charge >= 0.3 is 0 Å². The third-order valence-corrected chi connectivity index (χ3v) is 3.92. The fraction of sp³-hybridized carbons (Fsp3) is 0.467. The first-order valence-corrected chi connectivity index (χ1v) is 7.51. The molecule has 1 atom stereocenters. The molecule has 1 aromatic carbocycles. The molecule has 1 aliphatic heterocycles. The molecule has 1 aromatic rings. The Balaban J connectivity index is 1.69. The number of benzene rings is 1. The molecule has 1 aliphatic rings. The van der Waals surface area contributed by atoms with Gasteiger partial charge in [-0.25, -0.2) is 0 Å². The van der Waals surface area contributed by atoms with E-state index in [1.165, 1.54) is 0 Å². The number of likely N-dealkylation sites (tertiary alicyclic amines) is 1. The van der Waals surface area contributed by atoms with Crippen LogP contribution in [0.5, 0.6) is 5.75 Å². The van der Waals surface area contributed by atoms with Gasteiger partial charge in [-0.15, -0.1) is 0 Å². The molecule has 1 unspecified atom stereocenters. The highest BCUT2D eigenvalue weighted by atomic mass is 32.1. The summed E-state index contributed by atoms with van der Waals surface area (Å²) in [7, 11) is 0. The van der Waals surface area contributed by atoms with Crippen LogP contribution in [0.4, 0.5) is 0 Å². The second kappa shape index (κ2) is 7.38. The van der Waals surface area contributed by atoms with Crippen LogP contribution in [0.2, 0.25) is 0 Å². The van der Waals surface area contributed by atoms with E-state index in [4.69, 9.17) is 28.4 Å². The lowest BCUT2D eigenvalue weighted by Gasteiger charge is -2.15. The Morgan fingerprint density at radius 2 is 2.24 bits per heavy atom. The predicted octanol–water partition coefficient (Wildman–Crippen LogP) is 0.897. The van der Waals surface area contributed by atoms with E-state index in [2.05, 4.69) is 4.90 Å². The van der Waals surface area contributed by atoms with Crippen molar-refractivity contribution in [2.24, 2.45) is 17.4 Å². The fourth-order valence-corrected chi connectivity index (χ4v) is 2.61. The Morgan fingerprint density at radius 1 is 1.43 bits per heavy atom. The zero-order valence-corrected chi connectivity index (χ0v) is 12.8. The Kier molecular flexibility index (Phi) is 5.52. The number of rotatable bonds is 7. The van der Waals surface area contributed by atoms with Crippen molar-refractivity contribution in [2.45, 2.75) is 12.8 Å². The van der Waals surface area contributed by atoms with Crippen LogP contribution in [0.3, 0.4) is 0 Å². The van der Waals surface area contributed by atoms with Crippen LogP contribution in [0.15, 0.2) is 24.3 Å². The van der Waals surface area contributed by atoms with Crippen LogP contribution in [-0.4, -0.2) is 42.0 Å². The first-order chi connectivity index (χ1) is 10.1. The quantitative estimate of drug-likeness (QED) is 0.578. The average molecular weight is 307 g/mol. The number of hydrogen-bond acceptors (Lipinski definition) is 4. The fourth-order valence-electron chi connectivity index (χ4n) is 2.49. The highest BCUT2D eigenvalue weighted by molar-refractivity contribution is 7.80. The second-order valence-electron chi connectivity index (χ2n) is 5.28. The van der Waals surface area contributed by atoms with E-state index in [9.17, 15) is 4.79 Å². The summed E-state index contributed by atoms with van der Waals surface area (Å²) in [4.78, 5) is 13.7. The lowest BCUT2D eigenvalue weighted by molar-refractivity contribution is -0.121. The minimum Gasteiger partial charge on any atom is -0.494 e. The first kappa shape index (κ1) is 15.7. The van der Waals surface area contributed by atoms with Gasteiger partial charge in [-0.05, 0) is 31.5 Å². The smallest absolute Gasteiger partial charge is 0.221 e. The van der Waals surface area contributed by atoms with Gasteiger partial charge in [0.2, 0.25) is 5.91 Å². The maximum Gasteiger partial charge on any atom is 0.221 e. The molecule has 1 saturated heterocycles. The van der Waals surface area contributed by atoms with Gasteiger partial charge in [0.15, 0.2) is 0 Å². The average Bonchev–Trinajstić information content (AvgIpc) is 2.93. The molecule has 114 valence electrons. The summed E-state index contributed by atoms with van der Waals surface area (Å²) in [5.74, 6) is 0.591. The monoisotopic (exact) mass is 307 g/mol. The Morgan fingerprint density at radius 3 is 2.90 bits per heavy atom. The summed E-state index contributed by atoms with van der Waals surface area (Å²) in [5.41, 5.74) is 11.7. The molecule has 0 spiro atoms. The molecular formula is C15H21N3O2S. The van der Waals surface area contributed by atoms with E-state index in [1.54, 1.807) is 0 Å². The summed E-state index contributed by atoms with van der Waals surface area (Å²) >= 11 is 4.94. The van der Waals surface area contributed by atoms with Crippen LogP contribution in [0, 0.1) is 5.92 Å². The summed E-state index contributed by atoms with van der Waals surface area (Å²) in [6.07, 6.45) is 1.77. The molecule has 1 amide bonds. The van der Waals surface area contributed by atoms with E-state index in [1.807, 2.05) is 24.3 Å². The van der Waals surface area contributed by atoms with Crippen LogP contribution < -0.4 is 16.2 Å². The molecule has 2 rings (SSSR count). The van der Waals surface area contributed by atoms with Crippen molar-refractivity contribution in [2.75, 3.05) is 26.2 Å². The third-order valence-electron chi connectivity index (χ3n) is 3.68. The topological polar surface area (TPSA) is 81.6 Å². The molecule has 0 aromatic heterocycles. The third kappa shape index (κ3) is 4.68. The normalized spacial score (nSPS) is 18.6. The van der Waals surface area contributed by atoms with Gasteiger partial charge in [0, 0.05) is 18.7 Å². The van der Waals surface area contributed by atoms with Crippen molar-refractivity contribution in [3.63, 3.8) is 0 Å². The van der Waals surface area contributed by atoms with Gasteiger partial charge in [-0.3, -0.25) is 4.79 Å². The van der Waals surface area contributed by atoms with E-state index in [0.717, 1.165) is 43.8 Å². The molecule has 0 bridgehead atoms. The van der Waals surface area contributed by atoms with E-state index >= 15 is 0 Å². The molecular weight excluding hydrogens is 286 g/mol. The van der Waals surface area contributed by atoms with Crippen LogP contribution in [-0.2, 0) is 4.79 Å². The number of hydrogen-bond donors (Lipinski definition) is 2. The molecule has 5 nitrogen and oxygen atoms in total. The maximum absolute atomic E-state index is 11.1. The number of carbonyl (C=O) groups is 1. The van der Waals surface area contributed by atoms with Gasteiger partial charge in [0.05, 0.1) is 12.5 Å². The maximum atomic E-state index is 11.1. The van der Waals surface area contributed by atoms with Crippen molar-refractivity contribution < 1.29 is 9.53 Å². The number of ether oxygens (including phenoxy) is 1. The van der Waals surface area contributed by atoms with Crippen molar-refractivity contribution >= 4 is 23.1 Å². The number of amides is 1. The largest absolute Gasteiger partial charge is 0.494 e. The van der Waals surface area contributed by atoms with Crippen LogP contribution in [0.1, 0.15) is 18.4 Å². The minimum absolute atomic E-state index is 0.00756. The van der Waals surface area contributed by atoms with Crippen molar-refractivity contribution in [1.29, 1.82) is 0 Å². The van der Waals surface area contributed by atoms with Crippen molar-refractivity contribution in [3.05, 3.63) is 29.8 Å². The predicted molar refractivity (Wildman–Crippen MR) is 86.2 cm³/mol. The van der Waals surface area contributed by atoms with Crippen LogP contribution >= 0.6 is 12.2 Å². The van der Waals surface area contributed by atoms with Gasteiger partial charge in [-0.1, -0.05) is 24.4 Å². The summed E-state index contributed by atoms with van der Waals surface area (Å²) < 4.78 is 5.70. The molecule has 1 heterocycles. The standard InChI is InChI=1S/C15H21N3O2S/c16-14(19)12-5-7-18(10-12)6-2-8-20-13-4-1-3-11(9-13)15(17)21/h1,3-4,9,12H,2,5-8,10H2,(H2,16,19)(H2,17,21). The number of nitrogens with two attached hydrogens (primary N) is 2. The Hall–Kier alpha value is -1.66. The Bertz CT molecular complexity index is 521. The van der Waals surface area contributed by atoms with Crippen molar-refractivity contribution in [3.8, 4) is 5.75 Å². The highest BCUT2D eigenvalue weighted by Gasteiger charge is 2.25. The number of nitrogens with zero attached hydrogens (tertiary/aromatic N) is 1. The molecule has 0 saturated carbocycles. The molecule has 6 heteroatoms. The van der Waals surface area contributed by atoms with Gasteiger partial charge in [-0.2, -0.15) is 0 Å². The van der Waals surface area contributed by atoms with Gasteiger partial charge in [0.25, 0.3) is 0 Å². The lowest BCUT2D eigenvalue weighted by Crippen LogP contribution is -2.28. The van der Waals surface area contributed by atoms with E-state index in [-0.39, 0.29) is 11.8 Å². The van der Waals surface area contributed by atoms with Crippen LogP contribution in [0.25, 0.3) is 0 Å². The molecule has 21 heavy (non-hydrogen) atoms. The number of primary amides is 1. The molecule has 0 aliphatic carbocycles. The summed E-state index contributed by atoms with van der Waals surface area (Å²) in [6, 6.07) is 7.48. The first-order valence-electron chi connectivity index (χ1n) is 7.10. The lowest BCUT2D eigenvalue weighted by atomic mass is 10.1. The van der Waals surface area contributed by atoms with E-state index in [0.29, 0.717) is 11.6 Å². The molecule has 4 N–H and O–H groups in total. The summed E-state index contributed by atoms with van der Waals surface area (Å²) in [5, 5.41) is 0. The van der Waals surface area contributed by atoms with Gasteiger partial charge < -0.3 is 21.1 Å². The number of carbonyl (C=O) groups excluding carboxylic acids is 1. The zero-order chi connectivity index (χ0) is 15.2. The Labute approximate surface area is 130 Å². The SMILES string of the molecule is NC(=O)C1CCN(CCCOc2cccc(C(N)=S)c2)C1. The van der Waals surface area contributed by atoms with Crippen molar-refractivity contribution in [1.82, 2.24) is 4.90 Å². The number of thiocarbonyl (C=S) groups is 1. The van der Waals surface area contributed by atoms with Gasteiger partial charge in [0.1, 0.15) is 10.7 Å².